The van der Waals surface area contributed by atoms with Crippen LogP contribution in [0, 0.1) is 0 Å². The molecule has 4 rings (SSSR count). The maximum absolute atomic E-state index is 12.8. The van der Waals surface area contributed by atoms with Crippen LogP contribution in [0.5, 0.6) is 0 Å². The highest BCUT2D eigenvalue weighted by molar-refractivity contribution is 9.10. The molecule has 0 bridgehead atoms. The molecular formula is C22H25BrN2O5. The van der Waals surface area contributed by atoms with E-state index in [1.807, 2.05) is 29.2 Å². The zero-order chi connectivity index (χ0) is 21.5. The number of hydrogen-bond donors (Lipinski definition) is 0. The molecule has 1 amide bonds. The normalized spacial score (nSPS) is 22.1. The van der Waals surface area contributed by atoms with E-state index in [1.54, 1.807) is 4.57 Å². The van der Waals surface area contributed by atoms with Crippen molar-refractivity contribution in [1.82, 2.24) is 9.47 Å². The van der Waals surface area contributed by atoms with E-state index in [9.17, 15) is 14.4 Å². The summed E-state index contributed by atoms with van der Waals surface area (Å²) in [6, 6.07) is 7.80. The number of nitrogens with zero attached hydrogens (tertiary/aromatic N) is 2. The highest BCUT2D eigenvalue weighted by Crippen LogP contribution is 2.42. The number of halogens is 1. The molecule has 1 aromatic heterocycles. The van der Waals surface area contributed by atoms with Crippen LogP contribution < -0.4 is 0 Å². The van der Waals surface area contributed by atoms with Crippen molar-refractivity contribution in [3.8, 4) is 0 Å². The van der Waals surface area contributed by atoms with Crippen LogP contribution in [-0.2, 0) is 31.9 Å². The van der Waals surface area contributed by atoms with E-state index < -0.39 is 16.5 Å². The third kappa shape index (κ3) is 3.31. The van der Waals surface area contributed by atoms with Crippen molar-refractivity contribution in [3.05, 3.63) is 35.5 Å². The van der Waals surface area contributed by atoms with Crippen molar-refractivity contribution in [2.45, 2.75) is 48.9 Å². The number of hydrogen-bond acceptors (Lipinski definition) is 5. The lowest BCUT2D eigenvalue weighted by molar-refractivity contribution is -0.141. The van der Waals surface area contributed by atoms with Gasteiger partial charge in [0.25, 0.3) is 0 Å². The first-order valence-corrected chi connectivity index (χ1v) is 11.1. The first kappa shape index (κ1) is 20.9. The molecule has 0 spiro atoms. The Bertz CT molecular complexity index is 1020. The van der Waals surface area contributed by atoms with Gasteiger partial charge in [-0.25, -0.2) is 9.36 Å². The van der Waals surface area contributed by atoms with Crippen LogP contribution >= 0.6 is 15.9 Å². The maximum Gasteiger partial charge on any atom is 0.418 e. The topological polar surface area (TPSA) is 77.8 Å². The van der Waals surface area contributed by atoms with Crippen molar-refractivity contribution in [2.75, 3.05) is 20.8 Å². The van der Waals surface area contributed by atoms with E-state index in [4.69, 9.17) is 9.47 Å². The molecule has 0 radical (unpaired) electrons. The summed E-state index contributed by atoms with van der Waals surface area (Å²) in [5.74, 6) is -0.213. The van der Waals surface area contributed by atoms with Gasteiger partial charge in [0, 0.05) is 29.6 Å². The van der Waals surface area contributed by atoms with Crippen LogP contribution in [0.3, 0.4) is 0 Å². The summed E-state index contributed by atoms with van der Waals surface area (Å²) < 4.78 is 11.6. The molecule has 1 saturated heterocycles. The minimum Gasteiger partial charge on any atom is -0.468 e. The van der Waals surface area contributed by atoms with Crippen molar-refractivity contribution in [2.24, 2.45) is 0 Å². The van der Waals surface area contributed by atoms with Gasteiger partial charge in [0.15, 0.2) is 0 Å². The average molecular weight is 477 g/mol. The number of carbonyl (C=O) groups excluding carboxylic acids is 3. The summed E-state index contributed by atoms with van der Waals surface area (Å²) in [6.07, 6.45) is 3.18. The number of amides is 1. The molecule has 1 unspecified atom stereocenters. The first-order valence-electron chi connectivity index (χ1n) is 10.1. The van der Waals surface area contributed by atoms with Crippen LogP contribution in [0.4, 0.5) is 4.79 Å². The minimum atomic E-state index is -0.485. The quantitative estimate of drug-likeness (QED) is 0.500. The SMILES string of the molecule is COC(=O)C(Br)C[C@]12CCC(=O)N1CCc1c(n(C(=O)OC)c3ccccc13)CC2. The molecule has 7 nitrogen and oxygen atoms in total. The second-order valence-electron chi connectivity index (χ2n) is 7.96. The third-order valence-electron chi connectivity index (χ3n) is 6.55. The van der Waals surface area contributed by atoms with Crippen LogP contribution in [0.15, 0.2) is 24.3 Å². The van der Waals surface area contributed by atoms with E-state index >= 15 is 0 Å². The summed E-state index contributed by atoms with van der Waals surface area (Å²) >= 11 is 3.45. The number of methoxy groups -OCH3 is 2. The van der Waals surface area contributed by atoms with Gasteiger partial charge in [-0.3, -0.25) is 9.59 Å². The minimum absolute atomic E-state index is 0.125. The Morgan fingerprint density at radius 1 is 1.13 bits per heavy atom. The molecule has 0 saturated carbocycles. The Balaban J connectivity index is 1.77. The fourth-order valence-corrected chi connectivity index (χ4v) is 5.92. The fraction of sp³-hybridized carbons (Fsp3) is 0.500. The number of ether oxygens (including phenoxy) is 2. The number of rotatable bonds is 3. The van der Waals surface area contributed by atoms with Gasteiger partial charge in [-0.05, 0) is 43.7 Å². The average Bonchev–Trinajstić information content (AvgIpc) is 3.22. The second-order valence-corrected chi connectivity index (χ2v) is 9.07. The first-order chi connectivity index (χ1) is 14.4. The van der Waals surface area contributed by atoms with Crippen molar-refractivity contribution < 1.29 is 23.9 Å². The van der Waals surface area contributed by atoms with E-state index in [0.717, 1.165) is 22.2 Å². The number of aromatic nitrogens is 1. The molecule has 2 aromatic rings. The number of para-hydroxylation sites is 1. The van der Waals surface area contributed by atoms with Gasteiger partial charge in [0.2, 0.25) is 5.91 Å². The van der Waals surface area contributed by atoms with E-state index in [0.29, 0.717) is 45.1 Å². The largest absolute Gasteiger partial charge is 0.468 e. The molecule has 0 N–H and O–H groups in total. The molecule has 30 heavy (non-hydrogen) atoms. The number of carbonyl (C=O) groups is 3. The molecule has 0 aliphatic carbocycles. The predicted molar refractivity (Wildman–Crippen MR) is 115 cm³/mol. The van der Waals surface area contributed by atoms with Gasteiger partial charge in [0.05, 0.1) is 19.7 Å². The molecule has 160 valence electrons. The van der Waals surface area contributed by atoms with Crippen LogP contribution in [0.1, 0.15) is 36.9 Å². The molecule has 8 heteroatoms. The third-order valence-corrected chi connectivity index (χ3v) is 7.25. The lowest BCUT2D eigenvalue weighted by atomic mass is 9.83. The van der Waals surface area contributed by atoms with Crippen molar-refractivity contribution >= 4 is 44.8 Å². The summed E-state index contributed by atoms with van der Waals surface area (Å²) in [7, 11) is 2.75. The van der Waals surface area contributed by atoms with E-state index in [-0.39, 0.29) is 11.9 Å². The Kier molecular flexibility index (Phi) is 5.61. The zero-order valence-electron chi connectivity index (χ0n) is 17.2. The molecular weight excluding hydrogens is 452 g/mol. The Hall–Kier alpha value is -2.35. The number of benzene rings is 1. The summed E-state index contributed by atoms with van der Waals surface area (Å²) in [5.41, 5.74) is 2.41. The van der Waals surface area contributed by atoms with Gasteiger partial charge < -0.3 is 14.4 Å². The number of fused-ring (bicyclic) bond motifs is 4. The standard InChI is InChI=1S/C22H25BrN2O5/c1-29-20(27)16(23)13-22-10-7-18-15(9-12-24(22)19(26)8-11-22)14-5-3-4-6-17(14)25(18)21(28)30-2/h3-6,16H,7-13H2,1-2H3/t16?,22-/m0/s1. The maximum atomic E-state index is 12.8. The van der Waals surface area contributed by atoms with Gasteiger partial charge >= 0.3 is 12.1 Å². The summed E-state index contributed by atoms with van der Waals surface area (Å²) in [6.45, 7) is 0.557. The smallest absolute Gasteiger partial charge is 0.418 e. The molecule has 2 atom stereocenters. The second kappa shape index (κ2) is 8.06. The highest BCUT2D eigenvalue weighted by Gasteiger charge is 2.48. The van der Waals surface area contributed by atoms with Gasteiger partial charge in [-0.15, -0.1) is 0 Å². The Morgan fingerprint density at radius 3 is 2.60 bits per heavy atom. The van der Waals surface area contributed by atoms with Gasteiger partial charge in [-0.2, -0.15) is 0 Å². The molecule has 2 aliphatic rings. The van der Waals surface area contributed by atoms with Crippen LogP contribution in [0.25, 0.3) is 10.9 Å². The van der Waals surface area contributed by atoms with Crippen molar-refractivity contribution in [3.63, 3.8) is 0 Å². The number of esters is 1. The Labute approximate surface area is 183 Å². The molecule has 1 fully saturated rings. The zero-order valence-corrected chi connectivity index (χ0v) is 18.7. The lowest BCUT2D eigenvalue weighted by Gasteiger charge is -2.41. The predicted octanol–water partition coefficient (Wildman–Crippen LogP) is 3.43. The fourth-order valence-electron chi connectivity index (χ4n) is 5.13. The van der Waals surface area contributed by atoms with E-state index in [1.165, 1.54) is 14.2 Å². The van der Waals surface area contributed by atoms with Gasteiger partial charge in [-0.1, -0.05) is 34.1 Å². The van der Waals surface area contributed by atoms with Gasteiger partial charge in [0.1, 0.15) is 4.83 Å². The van der Waals surface area contributed by atoms with Crippen molar-refractivity contribution in [1.29, 1.82) is 0 Å². The number of alkyl halides is 1. The molecule has 2 aliphatic heterocycles. The van der Waals surface area contributed by atoms with Crippen LogP contribution in [-0.4, -0.2) is 58.6 Å². The van der Waals surface area contributed by atoms with Crippen LogP contribution in [0.2, 0.25) is 0 Å². The molecule has 1 aromatic carbocycles. The summed E-state index contributed by atoms with van der Waals surface area (Å²) in [5, 5.41) is 1.02. The monoisotopic (exact) mass is 476 g/mol. The van der Waals surface area contributed by atoms with E-state index in [2.05, 4.69) is 15.9 Å². The lowest BCUT2D eigenvalue weighted by Crippen LogP contribution is -2.50. The Morgan fingerprint density at radius 2 is 1.87 bits per heavy atom. The summed E-state index contributed by atoms with van der Waals surface area (Å²) in [4.78, 5) is 38.9. The highest BCUT2D eigenvalue weighted by atomic mass is 79.9. The molecule has 3 heterocycles.